The Kier molecular flexibility index (Phi) is 25.9. The monoisotopic (exact) mass is 1710 g/mol. The summed E-state index contributed by atoms with van der Waals surface area (Å²) in [6.07, 6.45) is 46.4. The van der Waals surface area contributed by atoms with Crippen LogP contribution in [0.1, 0.15) is 279 Å². The normalized spacial score (nSPS) is 44.9. The van der Waals surface area contributed by atoms with Crippen molar-refractivity contribution < 1.29 is 33.9 Å². The van der Waals surface area contributed by atoms with Gasteiger partial charge in [-0.25, -0.2) is 8.78 Å². The van der Waals surface area contributed by atoms with Crippen molar-refractivity contribution in [3.8, 4) is 23.1 Å². The van der Waals surface area contributed by atoms with Crippen molar-refractivity contribution in [1.29, 1.82) is 0 Å². The van der Waals surface area contributed by atoms with Crippen LogP contribution in [-0.4, -0.2) is 144 Å². The first-order chi connectivity index (χ1) is 58.6. The Morgan fingerprint density at radius 1 is 0.390 bits per heavy atom. The van der Waals surface area contributed by atoms with Crippen LogP contribution in [-0.2, 0) is 30.9 Å². The van der Waals surface area contributed by atoms with Gasteiger partial charge in [0, 0.05) is 18.4 Å². The van der Waals surface area contributed by atoms with E-state index in [1.807, 2.05) is 0 Å². The van der Waals surface area contributed by atoms with Crippen LogP contribution in [0.4, 0.5) is 8.78 Å². The van der Waals surface area contributed by atoms with Crippen molar-refractivity contribution in [2.75, 3.05) is 13.7 Å². The molecule has 0 aliphatic heterocycles. The molecule has 17 aliphatic rings. The van der Waals surface area contributed by atoms with Gasteiger partial charge in [-0.1, -0.05) is 101 Å². The maximum absolute atomic E-state index is 13.4. The molecule has 0 amide bonds. The molecule has 17 saturated carbocycles. The summed E-state index contributed by atoms with van der Waals surface area (Å²) >= 11 is 5.63. The zero-order valence-corrected chi connectivity index (χ0v) is 74.8. The largest absolute Gasteiger partial charge is 0.387 e. The van der Waals surface area contributed by atoms with Gasteiger partial charge in [0.15, 0.2) is 25.3 Å². The highest BCUT2D eigenvalue weighted by molar-refractivity contribution is 6.30. The SMILES string of the molecule is C.C=C(Cn1ncnn1)[C@H]1CC[C@H]2[C@@H]3CC[C@H]4C[C@](O)(C#CC5CC5)CC[C@@H]4[C@H]3CC[C@]12C.C=C(Cn1ncnn1)[C@H]1CC[C@H]2[C@@H]3CC[C@H]4C[C@](O)(C#CCl)CC[C@@H]4[C@H]3CC[C@]12C.C=C(Cn1ncnn1)[C@H]1CC[C@H]2[C@@H]3CC[C@H]4C[C@](O)(C(F)F)CC[C@@H]4[C@H]3CC[C@]12C.C=C(Cn1ncnn1)[C@H]1CC[C@H]2[C@@H]3CC[C@H]4C[C@](O)(COC)CC[C@@H]4[C@H]3CC[C@]12C. The van der Waals surface area contributed by atoms with Crippen LogP contribution in [0.15, 0.2) is 73.9 Å². The molecular formula is C99H147ClF2N16O5. The van der Waals surface area contributed by atoms with Crippen molar-refractivity contribution in [2.24, 2.45) is 170 Å². The number of allylic oxidation sites excluding steroid dienone is 4. The third kappa shape index (κ3) is 17.2. The van der Waals surface area contributed by atoms with E-state index in [-0.39, 0.29) is 25.2 Å². The van der Waals surface area contributed by atoms with Crippen molar-refractivity contribution in [1.82, 2.24) is 80.8 Å². The Balaban J connectivity index is 0.000000116. The van der Waals surface area contributed by atoms with Crippen LogP contribution in [0, 0.1) is 193 Å². The van der Waals surface area contributed by atoms with E-state index in [9.17, 15) is 29.2 Å². The maximum atomic E-state index is 13.4. The van der Waals surface area contributed by atoms with Gasteiger partial charge in [0.05, 0.1) is 38.4 Å². The first kappa shape index (κ1) is 89.3. The summed E-state index contributed by atoms with van der Waals surface area (Å²) in [5, 5.41) is 94.1. The number of aliphatic hydroxyl groups is 4. The second kappa shape index (κ2) is 35.6. The number of hydrogen-bond donors (Lipinski definition) is 4. The summed E-state index contributed by atoms with van der Waals surface area (Å²) in [5.41, 5.74) is 2.53. The molecule has 4 aromatic heterocycles. The summed E-state index contributed by atoms with van der Waals surface area (Å²) in [6, 6.07) is 0. The summed E-state index contributed by atoms with van der Waals surface area (Å²) in [6.45, 7) is 31.2. The van der Waals surface area contributed by atoms with Gasteiger partial charge in [-0.05, 0) is 440 Å². The van der Waals surface area contributed by atoms with E-state index in [2.05, 4.69) is 139 Å². The molecule has 4 heterocycles. The molecule has 0 radical (unpaired) electrons. The number of fused-ring (bicyclic) bond motifs is 20. The van der Waals surface area contributed by atoms with Crippen molar-refractivity contribution >= 4 is 11.6 Å². The molecule has 0 unspecified atom stereocenters. The average Bonchev–Trinajstić information content (AvgIpc) is 1.35. The third-order valence-electron chi connectivity index (χ3n) is 39.3. The molecular weight excluding hydrogens is 1570 g/mol. The number of halogens is 3. The predicted molar refractivity (Wildman–Crippen MR) is 469 cm³/mol. The summed E-state index contributed by atoms with van der Waals surface area (Å²) in [5.74, 6) is 27.1. The van der Waals surface area contributed by atoms with Crippen LogP contribution in [0.3, 0.4) is 0 Å². The fourth-order valence-electron chi connectivity index (χ4n) is 33.9. The molecule has 123 heavy (non-hydrogen) atoms. The number of alkyl halides is 2. The second-order valence-corrected chi connectivity index (χ2v) is 45.0. The number of ether oxygens (including phenoxy) is 1. The Morgan fingerprint density at radius 3 is 1.01 bits per heavy atom. The van der Waals surface area contributed by atoms with Gasteiger partial charge >= 0.3 is 0 Å². The molecule has 17 fully saturated rings. The minimum absolute atomic E-state index is 0. The van der Waals surface area contributed by atoms with Crippen LogP contribution < -0.4 is 0 Å². The van der Waals surface area contributed by atoms with Crippen LogP contribution in [0.2, 0.25) is 0 Å². The third-order valence-corrected chi connectivity index (χ3v) is 39.4. The number of aromatic nitrogens is 16. The lowest BCUT2D eigenvalue weighted by Crippen LogP contribution is -2.52. The fourth-order valence-corrected chi connectivity index (χ4v) is 34.1. The molecule has 21 nitrogen and oxygen atoms in total. The number of tetrazole rings is 4. The van der Waals surface area contributed by atoms with Crippen molar-refractivity contribution in [3.05, 3.63) is 73.9 Å². The molecule has 0 spiro atoms. The molecule has 17 aliphatic carbocycles. The van der Waals surface area contributed by atoms with Crippen LogP contribution in [0.25, 0.3) is 0 Å². The number of nitrogens with zero attached hydrogens (tertiary/aromatic N) is 16. The van der Waals surface area contributed by atoms with Crippen molar-refractivity contribution in [2.45, 2.75) is 334 Å². The lowest BCUT2D eigenvalue weighted by Gasteiger charge is -2.57. The first-order valence-electron chi connectivity index (χ1n) is 48.5. The van der Waals surface area contributed by atoms with Crippen LogP contribution in [0.5, 0.6) is 0 Å². The molecule has 4 aromatic rings. The first-order valence-corrected chi connectivity index (χ1v) is 48.9. The highest BCUT2D eigenvalue weighted by Crippen LogP contribution is 2.71. The zero-order chi connectivity index (χ0) is 84.9. The van der Waals surface area contributed by atoms with Gasteiger partial charge in [0.2, 0.25) is 0 Å². The molecule has 21 rings (SSSR count). The molecule has 0 bridgehead atoms. The minimum atomic E-state index is -2.62. The summed E-state index contributed by atoms with van der Waals surface area (Å²) < 4.78 is 32.1. The van der Waals surface area contributed by atoms with E-state index < -0.39 is 28.8 Å². The summed E-state index contributed by atoms with van der Waals surface area (Å²) in [7, 11) is 1.71. The highest BCUT2D eigenvalue weighted by Gasteiger charge is 2.64. The van der Waals surface area contributed by atoms with Gasteiger partial charge in [-0.15, -0.1) is 40.8 Å². The highest BCUT2D eigenvalue weighted by atomic mass is 35.5. The predicted octanol–water partition coefficient (Wildman–Crippen LogP) is 18.1. The van der Waals surface area contributed by atoms with E-state index in [0.29, 0.717) is 126 Å². The molecule has 4 N–H and O–H groups in total. The van der Waals surface area contributed by atoms with Crippen LogP contribution >= 0.6 is 11.6 Å². The van der Waals surface area contributed by atoms with E-state index >= 15 is 0 Å². The molecule has 0 aromatic carbocycles. The number of hydrogen-bond acceptors (Lipinski definition) is 17. The van der Waals surface area contributed by atoms with Gasteiger partial charge in [0.1, 0.15) is 16.8 Å². The van der Waals surface area contributed by atoms with Crippen molar-refractivity contribution in [3.63, 3.8) is 0 Å². The van der Waals surface area contributed by atoms with Gasteiger partial charge in [0.25, 0.3) is 6.43 Å². The second-order valence-electron chi connectivity index (χ2n) is 44.8. The summed E-state index contributed by atoms with van der Waals surface area (Å²) in [4.78, 5) is 6.66. The Hall–Kier alpha value is -5.69. The molecule has 674 valence electrons. The minimum Gasteiger partial charge on any atom is -0.387 e. The van der Waals surface area contributed by atoms with Gasteiger partial charge in [-0.3, -0.25) is 0 Å². The Morgan fingerprint density at radius 2 is 0.699 bits per heavy atom. The van der Waals surface area contributed by atoms with Gasteiger partial charge < -0.3 is 25.2 Å². The molecule has 0 saturated heterocycles. The molecule has 24 heteroatoms. The maximum Gasteiger partial charge on any atom is 0.266 e. The molecule has 32 atom stereocenters. The average molecular weight is 1710 g/mol. The Labute approximate surface area is 736 Å². The van der Waals surface area contributed by atoms with E-state index in [0.717, 1.165) is 135 Å². The van der Waals surface area contributed by atoms with E-state index in [4.69, 9.17) is 16.3 Å². The van der Waals surface area contributed by atoms with E-state index in [1.54, 1.807) is 26.3 Å². The quantitative estimate of drug-likeness (QED) is 0.0636. The number of rotatable bonds is 15. The fraction of sp³-hybridized carbons (Fsp3) is 0.838. The zero-order valence-electron chi connectivity index (χ0n) is 74.0. The number of methoxy groups -OCH3 is 1. The lowest BCUT2D eigenvalue weighted by molar-refractivity contribution is -0.159. The standard InChI is InChI=1S/C27H38N4O.C24H33ClN4O.C24H38N4O2.C23H34F2N4O.CH4/c1-18(16-31-29-17-28-30-31)24-7-8-25-23-6-5-20-15-27(32,13-9-19-3-4-19)14-11-21(20)22(23)10-12-26(24,25)2;1-16(14-29-27-15-26-28-29)21-5-6-22-20-4-3-17-13-24(30,11-12-25)10-8-18(17)19(20)7-9-23(21,22)2;1-16(13-28-26-15-25-27-28)21-6-7-22-20-5-4-17-12-24(29,14-30-3)11-9-18(17)19(20)8-10-23(21,22)2;1-14(12-29-27-13-26-28-29)19-5-6-20-18-4-3-15-11-23(30,21(24)25)10-8-16(15)17(18)7-9-22(19,20)2;/h17,19-25,32H,1,3-8,10-12,14-16H2,2H3;15,17-22,30H,1,3-10,13-14H2,2H3;15,17-22,29H,1,4-14H2,2-3H3;13,15-21,30H,1,3-12H2,2H3;1H4/t20-,21-,22+,23+,24+,25-,26+,27-;17-,18-,19+,20+,21+,22-,23+,24+;17-,18-,19+,20+,21+,22-,23+,24-;15-,16-,17+,18+,19+,20-,22+,23-;/m0000./s1. The lowest BCUT2D eigenvalue weighted by atomic mass is 9.48. The van der Waals surface area contributed by atoms with E-state index in [1.165, 1.54) is 215 Å². The topological polar surface area (TPSA) is 265 Å². The van der Waals surface area contributed by atoms with Gasteiger partial charge in [-0.2, -0.15) is 19.2 Å². The Bertz CT molecular complexity index is 4450. The smallest absolute Gasteiger partial charge is 0.266 e.